The Balaban J connectivity index is 2.26. The topological polar surface area (TPSA) is 78.9 Å². The third kappa shape index (κ3) is 4.07. The number of aryl methyl sites for hydroxylation is 1. The van der Waals surface area contributed by atoms with Crippen LogP contribution in [0.3, 0.4) is 0 Å². The number of hydrogen-bond donors (Lipinski definition) is 3. The molecule has 2 rings (SSSR count). The molecule has 0 unspecified atom stereocenters. The van der Waals surface area contributed by atoms with Gasteiger partial charge < -0.3 is 10.6 Å². The van der Waals surface area contributed by atoms with Gasteiger partial charge in [-0.1, -0.05) is 25.4 Å². The monoisotopic (exact) mass is 364 g/mol. The second kappa shape index (κ2) is 7.78. The van der Waals surface area contributed by atoms with Crippen LogP contribution in [0, 0.1) is 6.92 Å². The molecule has 1 amide bonds. The van der Waals surface area contributed by atoms with Gasteiger partial charge in [-0.15, -0.1) is 0 Å². The number of nitrogens with zero attached hydrogens (tertiary/aromatic N) is 1. The van der Waals surface area contributed by atoms with E-state index in [4.69, 9.17) is 11.6 Å². The number of H-pyrrole nitrogens is 1. The molecule has 1 aromatic carbocycles. The number of benzene rings is 1. The fourth-order valence-electron chi connectivity index (χ4n) is 2.82. The van der Waals surface area contributed by atoms with Gasteiger partial charge in [0.25, 0.3) is 11.5 Å². The highest BCUT2D eigenvalue weighted by atomic mass is 35.5. The molecule has 0 aliphatic carbocycles. The first-order valence-corrected chi connectivity index (χ1v) is 8.74. The number of anilines is 1. The largest absolute Gasteiger partial charge is 0.385 e. The molecule has 0 saturated carbocycles. The van der Waals surface area contributed by atoms with Gasteiger partial charge in [-0.2, -0.15) is 0 Å². The molecule has 0 atom stereocenters. The summed E-state index contributed by atoms with van der Waals surface area (Å²) in [4.78, 5) is 24.9. The van der Waals surface area contributed by atoms with E-state index in [0.29, 0.717) is 16.1 Å². The smallest absolute Gasteiger partial charge is 0.271 e. The van der Waals surface area contributed by atoms with Crippen LogP contribution in [0.2, 0.25) is 5.02 Å². The van der Waals surface area contributed by atoms with Crippen molar-refractivity contribution < 1.29 is 4.79 Å². The number of carbonyl (C=O) groups is 1. The molecule has 0 radical (unpaired) electrons. The number of aromatic nitrogens is 2. The van der Waals surface area contributed by atoms with E-state index in [1.54, 1.807) is 19.2 Å². The van der Waals surface area contributed by atoms with E-state index in [1.807, 2.05) is 27.7 Å². The molecule has 25 heavy (non-hydrogen) atoms. The van der Waals surface area contributed by atoms with Crippen molar-refractivity contribution in [1.82, 2.24) is 15.1 Å². The van der Waals surface area contributed by atoms with Crippen LogP contribution in [0.5, 0.6) is 0 Å². The summed E-state index contributed by atoms with van der Waals surface area (Å²) in [6.07, 6.45) is 0. The summed E-state index contributed by atoms with van der Waals surface area (Å²) >= 11 is 6.14. The summed E-state index contributed by atoms with van der Waals surface area (Å²) in [5, 5.41) is 9.58. The third-order valence-corrected chi connectivity index (χ3v) is 4.38. The van der Waals surface area contributed by atoms with Gasteiger partial charge in [0.05, 0.1) is 12.1 Å². The summed E-state index contributed by atoms with van der Waals surface area (Å²) in [6, 6.07) is 3.45. The number of hydrogen-bond acceptors (Lipinski definition) is 3. The summed E-state index contributed by atoms with van der Waals surface area (Å²) in [6.45, 7) is 8.76. The molecular formula is C18H25ClN4O2. The Bertz CT molecular complexity index is 836. The van der Waals surface area contributed by atoms with Crippen molar-refractivity contribution in [2.75, 3.05) is 11.9 Å². The number of nitrogens with one attached hydrogen (secondary N) is 3. The molecule has 2 aromatic rings. The van der Waals surface area contributed by atoms with Crippen LogP contribution in [0.1, 0.15) is 53.9 Å². The maximum Gasteiger partial charge on any atom is 0.271 e. The van der Waals surface area contributed by atoms with Crippen LogP contribution in [-0.2, 0) is 13.6 Å². The minimum absolute atomic E-state index is 0.125. The lowest BCUT2D eigenvalue weighted by Crippen LogP contribution is -2.28. The van der Waals surface area contributed by atoms with E-state index in [-0.39, 0.29) is 23.9 Å². The first-order chi connectivity index (χ1) is 11.8. The first-order valence-electron chi connectivity index (χ1n) is 8.36. The number of aromatic amines is 1. The molecule has 3 N–H and O–H groups in total. The lowest BCUT2D eigenvalue weighted by Gasteiger charge is -2.13. The Morgan fingerprint density at radius 2 is 2.04 bits per heavy atom. The molecule has 0 spiro atoms. The summed E-state index contributed by atoms with van der Waals surface area (Å²) in [7, 11) is 1.67. The van der Waals surface area contributed by atoms with Crippen LogP contribution in [-0.4, -0.2) is 22.2 Å². The van der Waals surface area contributed by atoms with E-state index in [9.17, 15) is 9.59 Å². The van der Waals surface area contributed by atoms with Crippen molar-refractivity contribution in [3.05, 3.63) is 49.9 Å². The van der Waals surface area contributed by atoms with Crippen molar-refractivity contribution in [3.8, 4) is 0 Å². The van der Waals surface area contributed by atoms with Crippen LogP contribution in [0.4, 0.5) is 5.69 Å². The van der Waals surface area contributed by atoms with E-state index < -0.39 is 0 Å². The molecular weight excluding hydrogens is 340 g/mol. The van der Waals surface area contributed by atoms with Crippen LogP contribution in [0.25, 0.3) is 0 Å². The molecule has 0 fully saturated rings. The van der Waals surface area contributed by atoms with E-state index in [2.05, 4.69) is 15.7 Å². The maximum absolute atomic E-state index is 12.6. The Hall–Kier alpha value is -2.21. The molecule has 1 heterocycles. The van der Waals surface area contributed by atoms with Gasteiger partial charge in [-0.3, -0.25) is 19.4 Å². The van der Waals surface area contributed by atoms with Gasteiger partial charge in [-0.05, 0) is 37.5 Å². The zero-order valence-corrected chi connectivity index (χ0v) is 16.0. The van der Waals surface area contributed by atoms with E-state index >= 15 is 0 Å². The number of rotatable bonds is 6. The first kappa shape index (κ1) is 19.1. The van der Waals surface area contributed by atoms with Gasteiger partial charge in [-0.25, -0.2) is 0 Å². The molecule has 6 nitrogen and oxygen atoms in total. The zero-order valence-electron chi connectivity index (χ0n) is 15.3. The molecule has 136 valence electrons. The normalized spacial score (nSPS) is 11.0. The van der Waals surface area contributed by atoms with Crippen LogP contribution < -0.4 is 16.2 Å². The van der Waals surface area contributed by atoms with Gasteiger partial charge in [0.1, 0.15) is 0 Å². The average Bonchev–Trinajstić information content (AvgIpc) is 2.84. The van der Waals surface area contributed by atoms with Gasteiger partial charge >= 0.3 is 0 Å². The Morgan fingerprint density at radius 1 is 1.36 bits per heavy atom. The van der Waals surface area contributed by atoms with Crippen LogP contribution >= 0.6 is 11.6 Å². The van der Waals surface area contributed by atoms with E-state index in [0.717, 1.165) is 23.5 Å². The van der Waals surface area contributed by atoms with Crippen molar-refractivity contribution >= 4 is 23.2 Å². The number of halogens is 1. The quantitative estimate of drug-likeness (QED) is 0.736. The minimum atomic E-state index is -0.253. The summed E-state index contributed by atoms with van der Waals surface area (Å²) in [5.74, 6) is -0.0915. The Labute approximate surface area is 152 Å². The van der Waals surface area contributed by atoms with Crippen molar-refractivity contribution in [1.29, 1.82) is 0 Å². The van der Waals surface area contributed by atoms with Gasteiger partial charge in [0.2, 0.25) is 0 Å². The molecule has 0 aliphatic rings. The van der Waals surface area contributed by atoms with Gasteiger partial charge in [0, 0.05) is 35.6 Å². The highest BCUT2D eigenvalue weighted by Gasteiger charge is 2.18. The molecule has 0 saturated heterocycles. The number of amides is 1. The number of carbonyl (C=O) groups excluding carboxylic acids is 1. The van der Waals surface area contributed by atoms with Crippen molar-refractivity contribution in [2.24, 2.45) is 7.05 Å². The fourth-order valence-corrected chi connectivity index (χ4v) is 3.04. The highest BCUT2D eigenvalue weighted by Crippen LogP contribution is 2.25. The summed E-state index contributed by atoms with van der Waals surface area (Å²) in [5.41, 5.74) is 3.46. The lowest BCUT2D eigenvalue weighted by atomic mass is 10.0. The molecule has 0 aliphatic heterocycles. The summed E-state index contributed by atoms with van der Waals surface area (Å²) < 4.78 is 1.44. The Kier molecular flexibility index (Phi) is 5.95. The van der Waals surface area contributed by atoms with Gasteiger partial charge in [0.15, 0.2) is 0 Å². The van der Waals surface area contributed by atoms with Crippen molar-refractivity contribution in [3.63, 3.8) is 0 Å². The standard InChI is InChI=1S/C18H25ClN4O2/c1-6-20-15-8-12(19)7-13(11(15)4)17(24)21-9-14-16(10(2)3)22-23(5)18(14)25/h7-8,10,20,22H,6,9H2,1-5H3,(H,21,24). The Morgan fingerprint density at radius 3 is 2.64 bits per heavy atom. The molecule has 0 bridgehead atoms. The highest BCUT2D eigenvalue weighted by molar-refractivity contribution is 6.31. The van der Waals surface area contributed by atoms with Crippen LogP contribution in [0.15, 0.2) is 16.9 Å². The minimum Gasteiger partial charge on any atom is -0.385 e. The molecule has 7 heteroatoms. The fraction of sp³-hybridized carbons (Fsp3) is 0.444. The zero-order chi connectivity index (χ0) is 18.7. The second-order valence-electron chi connectivity index (χ2n) is 6.36. The maximum atomic E-state index is 12.6. The van der Waals surface area contributed by atoms with E-state index in [1.165, 1.54) is 4.68 Å². The SMILES string of the molecule is CCNc1cc(Cl)cc(C(=O)NCc2c(C(C)C)[nH]n(C)c2=O)c1C. The second-order valence-corrected chi connectivity index (χ2v) is 6.80. The van der Waals surface area contributed by atoms with Crippen molar-refractivity contribution in [2.45, 2.75) is 40.2 Å². The predicted octanol–water partition coefficient (Wildman–Crippen LogP) is 3.16. The third-order valence-electron chi connectivity index (χ3n) is 4.16. The predicted molar refractivity (Wildman–Crippen MR) is 102 cm³/mol. The average molecular weight is 365 g/mol. The lowest BCUT2D eigenvalue weighted by molar-refractivity contribution is 0.0950. The molecule has 1 aromatic heterocycles.